The van der Waals surface area contributed by atoms with Crippen molar-refractivity contribution in [3.63, 3.8) is 0 Å². The SMILES string of the molecule is CC[Si](CC)(CC)OCCCN(CCCO[Si](CC)(CC)CC)C(=O)c1cc(-n2cc(-c3ccc4cc(OC)ccc4c3)nn2)cc(C(=O)N(CCCO[Si](CC)(CC)CC)CCCO[Si](CC)(CC)CC)n1. The molecule has 0 atom stereocenters. The quantitative estimate of drug-likeness (QED) is 0.0318. The van der Waals surface area contributed by atoms with E-state index >= 15 is 9.59 Å². The van der Waals surface area contributed by atoms with Gasteiger partial charge in [0.2, 0.25) is 0 Å². The molecule has 2 aromatic carbocycles. The Labute approximate surface area is 445 Å². The van der Waals surface area contributed by atoms with Gasteiger partial charge in [-0.2, -0.15) is 0 Å². The van der Waals surface area contributed by atoms with Gasteiger partial charge >= 0.3 is 0 Å². The highest BCUT2D eigenvalue weighted by molar-refractivity contribution is 6.74. The Morgan fingerprint density at radius 3 is 1.21 bits per heavy atom. The van der Waals surface area contributed by atoms with Crippen molar-refractivity contribution in [2.24, 2.45) is 0 Å². The second-order valence-corrected chi connectivity index (χ2v) is 39.0. The summed E-state index contributed by atoms with van der Waals surface area (Å²) in [5.74, 6) is 0.330. The lowest BCUT2D eigenvalue weighted by Crippen LogP contribution is -2.40. The van der Waals surface area contributed by atoms with Crippen LogP contribution in [0.5, 0.6) is 5.75 Å². The molecule has 0 aliphatic carbocycles. The number of methoxy groups -OCH3 is 1. The van der Waals surface area contributed by atoms with Gasteiger partial charge in [-0.15, -0.1) is 5.10 Å². The van der Waals surface area contributed by atoms with Crippen LogP contribution in [0.4, 0.5) is 0 Å². The van der Waals surface area contributed by atoms with Gasteiger partial charge in [0, 0.05) is 58.2 Å². The number of benzene rings is 2. The molecule has 0 radical (unpaired) electrons. The number of fused-ring (bicyclic) bond motifs is 1. The molecule has 0 saturated heterocycles. The number of aromatic nitrogens is 4. The number of amides is 2. The first-order valence-electron chi connectivity index (χ1n) is 28.4. The van der Waals surface area contributed by atoms with Crippen LogP contribution in [0.1, 0.15) is 130 Å². The normalized spacial score (nSPS) is 12.5. The Bertz CT molecular complexity index is 2090. The van der Waals surface area contributed by atoms with Crippen molar-refractivity contribution in [3.05, 3.63) is 66.1 Å². The van der Waals surface area contributed by atoms with Gasteiger partial charge in [-0.1, -0.05) is 106 Å². The smallest absolute Gasteiger partial charge is 0.272 e. The van der Waals surface area contributed by atoms with E-state index in [0.29, 0.717) is 89.7 Å². The molecule has 2 heterocycles. The summed E-state index contributed by atoms with van der Waals surface area (Å²) in [5.41, 5.74) is 2.47. The number of carbonyl (C=O) groups is 2. The van der Waals surface area contributed by atoms with Gasteiger partial charge in [-0.25, -0.2) is 9.67 Å². The lowest BCUT2D eigenvalue weighted by molar-refractivity contribution is 0.0723. The summed E-state index contributed by atoms with van der Waals surface area (Å²) in [4.78, 5) is 39.1. The molecule has 73 heavy (non-hydrogen) atoms. The highest BCUT2D eigenvalue weighted by Gasteiger charge is 2.32. The van der Waals surface area contributed by atoms with Crippen molar-refractivity contribution < 1.29 is 32.0 Å². The largest absolute Gasteiger partial charge is 0.497 e. The molecule has 2 aromatic heterocycles. The molecule has 0 N–H and O–H groups in total. The molecule has 17 heteroatoms. The van der Waals surface area contributed by atoms with Gasteiger partial charge in [0.25, 0.3) is 11.8 Å². The Hall–Kier alpha value is -3.56. The minimum absolute atomic E-state index is 0.194. The molecule has 0 saturated carbocycles. The molecule has 0 aliphatic rings. The summed E-state index contributed by atoms with van der Waals surface area (Å²) >= 11 is 0. The molecule has 0 aliphatic heterocycles. The zero-order chi connectivity index (χ0) is 53.5. The molecule has 4 aromatic rings. The molecule has 4 rings (SSSR count). The topological polar surface area (TPSA) is 130 Å². The highest BCUT2D eigenvalue weighted by atomic mass is 28.4. The maximum Gasteiger partial charge on any atom is 0.272 e. The molecular formula is C56H96N6O7Si4. The summed E-state index contributed by atoms with van der Waals surface area (Å²) in [6, 6.07) is 28.5. The van der Waals surface area contributed by atoms with Gasteiger partial charge in [0.15, 0.2) is 33.3 Å². The molecule has 0 unspecified atom stereocenters. The summed E-state index contributed by atoms with van der Waals surface area (Å²) in [7, 11) is -5.63. The van der Waals surface area contributed by atoms with E-state index in [1.54, 1.807) is 23.9 Å². The van der Waals surface area contributed by atoms with Crippen molar-refractivity contribution in [2.75, 3.05) is 59.7 Å². The van der Waals surface area contributed by atoms with E-state index in [-0.39, 0.29) is 23.2 Å². The van der Waals surface area contributed by atoms with Crippen LogP contribution in [0.3, 0.4) is 0 Å². The van der Waals surface area contributed by atoms with E-state index < -0.39 is 33.3 Å². The van der Waals surface area contributed by atoms with Crippen LogP contribution < -0.4 is 4.74 Å². The van der Waals surface area contributed by atoms with Gasteiger partial charge in [0.05, 0.1) is 19.0 Å². The Morgan fingerprint density at radius 1 is 0.493 bits per heavy atom. The van der Waals surface area contributed by atoms with Crippen LogP contribution in [0, 0.1) is 0 Å². The second-order valence-electron chi connectivity index (χ2n) is 19.9. The van der Waals surface area contributed by atoms with Crippen LogP contribution in [-0.4, -0.2) is 135 Å². The first-order chi connectivity index (χ1) is 35.2. The average molecular weight is 1080 g/mol. The van der Waals surface area contributed by atoms with Gasteiger partial charge < -0.3 is 32.2 Å². The fourth-order valence-electron chi connectivity index (χ4n) is 10.3. The third kappa shape index (κ3) is 17.0. The third-order valence-corrected chi connectivity index (χ3v) is 35.3. The van der Waals surface area contributed by atoms with E-state index in [9.17, 15) is 0 Å². The number of hydrogen-bond donors (Lipinski definition) is 0. The minimum atomic E-state index is -1.82. The first kappa shape index (κ1) is 62.0. The molecule has 13 nitrogen and oxygen atoms in total. The maximum absolute atomic E-state index is 15.2. The van der Waals surface area contributed by atoms with Crippen LogP contribution in [0.15, 0.2) is 54.7 Å². The number of hydrogen-bond acceptors (Lipinski definition) is 10. The lowest BCUT2D eigenvalue weighted by Gasteiger charge is -2.30. The average Bonchev–Trinajstić information content (AvgIpc) is 3.95. The van der Waals surface area contributed by atoms with Gasteiger partial charge in [0.1, 0.15) is 22.8 Å². The summed E-state index contributed by atoms with van der Waals surface area (Å²) < 4.78 is 33.9. The Kier molecular flexibility index (Phi) is 26.2. The molecule has 0 bridgehead atoms. The second kappa shape index (κ2) is 30.9. The monoisotopic (exact) mass is 1080 g/mol. The third-order valence-electron chi connectivity index (χ3n) is 16.6. The van der Waals surface area contributed by atoms with E-state index in [2.05, 4.69) is 106 Å². The van der Waals surface area contributed by atoms with Crippen LogP contribution in [0.2, 0.25) is 72.5 Å². The van der Waals surface area contributed by atoms with Gasteiger partial charge in [-0.05, 0) is 139 Å². The van der Waals surface area contributed by atoms with Crippen LogP contribution in [-0.2, 0) is 17.7 Å². The highest BCUT2D eigenvalue weighted by Crippen LogP contribution is 2.29. The van der Waals surface area contributed by atoms with Crippen LogP contribution >= 0.6 is 0 Å². The zero-order valence-electron chi connectivity index (χ0n) is 47.7. The number of nitrogens with zero attached hydrogens (tertiary/aromatic N) is 6. The molecular weight excluding hydrogens is 981 g/mol. The molecule has 408 valence electrons. The van der Waals surface area contributed by atoms with E-state index in [1.165, 1.54) is 0 Å². The van der Waals surface area contributed by atoms with Crippen molar-refractivity contribution in [2.45, 2.75) is 181 Å². The molecule has 0 spiro atoms. The van der Waals surface area contributed by atoms with Crippen molar-refractivity contribution in [1.29, 1.82) is 0 Å². The van der Waals surface area contributed by atoms with Crippen LogP contribution in [0.25, 0.3) is 27.7 Å². The standard InChI is InChI=1S/C56H96N6O7Si4/c1-14-70(15-2,16-3)66-38-26-34-60(35-27-39-67-71(17-4,18-5)19-6)55(63)52-44-50(62-46-54(58-59-62)49-31-30-48-43-51(65-13)33-32-47(48)42-49)45-53(57-52)56(64)61(36-28-40-68-72(20-7,21-8)22-9)37-29-41-69-73(23-10,24-11)25-12/h30-33,42-46H,14-29,34-41H2,1-13H3. The zero-order valence-corrected chi connectivity index (χ0v) is 51.7. The Morgan fingerprint density at radius 2 is 0.849 bits per heavy atom. The Balaban J connectivity index is 1.78. The molecule has 2 amide bonds. The number of pyridine rings is 1. The van der Waals surface area contributed by atoms with Crippen molar-refractivity contribution in [3.8, 4) is 22.7 Å². The summed E-state index contributed by atoms with van der Waals surface area (Å²) in [5, 5.41) is 11.3. The number of ether oxygens (including phenoxy) is 1. The first-order valence-corrected chi connectivity index (χ1v) is 38.5. The number of carbonyl (C=O) groups excluding carboxylic acids is 2. The molecule has 0 fully saturated rings. The number of rotatable bonds is 37. The fourth-order valence-corrected chi connectivity index (χ4v) is 21.0. The maximum atomic E-state index is 15.2. The summed E-state index contributed by atoms with van der Waals surface area (Å²) in [6.45, 7) is 31.3. The summed E-state index contributed by atoms with van der Waals surface area (Å²) in [6.07, 6.45) is 4.65. The lowest BCUT2D eigenvalue weighted by atomic mass is 10.1. The van der Waals surface area contributed by atoms with E-state index in [4.69, 9.17) is 27.4 Å². The van der Waals surface area contributed by atoms with Crippen molar-refractivity contribution in [1.82, 2.24) is 29.8 Å². The van der Waals surface area contributed by atoms with Gasteiger partial charge in [-0.3, -0.25) is 9.59 Å². The van der Waals surface area contributed by atoms with E-state index in [1.807, 2.05) is 40.3 Å². The van der Waals surface area contributed by atoms with Crippen molar-refractivity contribution >= 4 is 55.9 Å². The van der Waals surface area contributed by atoms with E-state index in [0.717, 1.165) is 94.6 Å². The predicted octanol–water partition coefficient (Wildman–Crippen LogP) is 14.0. The fraction of sp³-hybridized carbons (Fsp3) is 0.661. The predicted molar refractivity (Wildman–Crippen MR) is 312 cm³/mol. The minimum Gasteiger partial charge on any atom is -0.497 e.